The van der Waals surface area contributed by atoms with Crippen LogP contribution in [0.3, 0.4) is 0 Å². The Morgan fingerprint density at radius 1 is 1.00 bits per heavy atom. The zero-order valence-electron chi connectivity index (χ0n) is 15.5. The Morgan fingerprint density at radius 3 is 2.15 bits per heavy atom. The highest BCUT2D eigenvalue weighted by molar-refractivity contribution is 7.89. The molecule has 0 saturated carbocycles. The lowest BCUT2D eigenvalue weighted by molar-refractivity contribution is -0.121. The topological polar surface area (TPSA) is 73.0 Å². The van der Waals surface area contributed by atoms with Gasteiger partial charge in [0.2, 0.25) is 15.9 Å². The van der Waals surface area contributed by atoms with E-state index < -0.39 is 10.0 Å². The summed E-state index contributed by atoms with van der Waals surface area (Å²) in [5.41, 5.74) is 0.622. The minimum atomic E-state index is -3.41. The Morgan fingerprint density at radius 2 is 1.58 bits per heavy atom. The highest BCUT2D eigenvalue weighted by Crippen LogP contribution is 2.22. The van der Waals surface area contributed by atoms with Gasteiger partial charge in [0.15, 0.2) is 0 Å². The highest BCUT2D eigenvalue weighted by Gasteiger charge is 2.27. The van der Waals surface area contributed by atoms with E-state index in [9.17, 15) is 13.2 Å². The molecular formula is C18H28N4O3S. The fraction of sp³-hybridized carbons (Fsp3) is 0.611. The van der Waals surface area contributed by atoms with E-state index >= 15 is 0 Å². The summed E-state index contributed by atoms with van der Waals surface area (Å²) < 4.78 is 26.6. The molecule has 2 aliphatic rings. The van der Waals surface area contributed by atoms with Gasteiger partial charge in [0.25, 0.3) is 0 Å². The molecule has 0 aliphatic carbocycles. The first-order chi connectivity index (χ1) is 12.4. The van der Waals surface area contributed by atoms with Crippen LogP contribution in [0.25, 0.3) is 0 Å². The van der Waals surface area contributed by atoms with Crippen LogP contribution in [0.15, 0.2) is 29.2 Å². The third-order valence-electron chi connectivity index (χ3n) is 5.29. The van der Waals surface area contributed by atoms with Crippen LogP contribution in [-0.4, -0.2) is 80.8 Å². The van der Waals surface area contributed by atoms with Crippen LogP contribution in [-0.2, 0) is 14.8 Å². The Balaban J connectivity index is 1.61. The number of sulfonamides is 1. The van der Waals surface area contributed by atoms with E-state index in [-0.39, 0.29) is 16.8 Å². The van der Waals surface area contributed by atoms with Crippen molar-refractivity contribution in [2.24, 2.45) is 0 Å². The van der Waals surface area contributed by atoms with Crippen LogP contribution >= 0.6 is 0 Å². The molecule has 1 aromatic carbocycles. The molecule has 8 heteroatoms. The van der Waals surface area contributed by atoms with Gasteiger partial charge in [0.1, 0.15) is 0 Å². The van der Waals surface area contributed by atoms with Gasteiger partial charge in [0.05, 0.1) is 10.9 Å². The highest BCUT2D eigenvalue weighted by atomic mass is 32.2. The lowest BCUT2D eigenvalue weighted by Gasteiger charge is -2.35. The molecule has 1 amide bonds. The van der Waals surface area contributed by atoms with Gasteiger partial charge in [-0.3, -0.25) is 9.69 Å². The first-order valence-electron chi connectivity index (χ1n) is 9.21. The van der Waals surface area contributed by atoms with Gasteiger partial charge < -0.3 is 10.2 Å². The van der Waals surface area contributed by atoms with Gasteiger partial charge in [-0.1, -0.05) is 0 Å². The molecule has 0 radical (unpaired) electrons. The summed E-state index contributed by atoms with van der Waals surface area (Å²) in [7, 11) is -1.33. The molecule has 3 rings (SSSR count). The second-order valence-corrected chi connectivity index (χ2v) is 9.08. The second kappa shape index (κ2) is 8.04. The van der Waals surface area contributed by atoms with Crippen molar-refractivity contribution in [3.63, 3.8) is 0 Å². The van der Waals surface area contributed by atoms with Crippen molar-refractivity contribution < 1.29 is 13.2 Å². The summed E-state index contributed by atoms with van der Waals surface area (Å²) in [6, 6.07) is 6.26. The predicted molar refractivity (Wildman–Crippen MR) is 102 cm³/mol. The smallest absolute Gasteiger partial charge is 0.243 e. The van der Waals surface area contributed by atoms with E-state index in [1.54, 1.807) is 24.3 Å². The van der Waals surface area contributed by atoms with Crippen molar-refractivity contribution in [3.05, 3.63) is 24.3 Å². The average molecular weight is 381 g/mol. The number of likely N-dealkylation sites (N-methyl/N-ethyl adjacent to an activating group) is 1. The Labute approximate surface area is 156 Å². The summed E-state index contributed by atoms with van der Waals surface area (Å²) in [5.74, 6) is -0.0651. The van der Waals surface area contributed by atoms with Gasteiger partial charge in [-0.15, -0.1) is 0 Å². The zero-order chi connectivity index (χ0) is 18.7. The van der Waals surface area contributed by atoms with Gasteiger partial charge in [-0.25, -0.2) is 8.42 Å². The summed E-state index contributed by atoms with van der Waals surface area (Å²) in [5, 5.41) is 2.90. The molecule has 1 aromatic rings. The van der Waals surface area contributed by atoms with Crippen LogP contribution in [0.5, 0.6) is 0 Å². The standard InChI is InChI=1S/C18H28N4O3S/c1-15(21-13-11-20(2)12-14-21)18(23)19-16-5-7-17(8-6-16)26(24,25)22-9-3-4-10-22/h5-8,15H,3-4,9-14H2,1-2H3,(H,19,23)/t15-/m1/s1. The third-order valence-corrected chi connectivity index (χ3v) is 7.20. The number of amides is 1. The molecular weight excluding hydrogens is 352 g/mol. The zero-order valence-corrected chi connectivity index (χ0v) is 16.3. The lowest BCUT2D eigenvalue weighted by atomic mass is 10.2. The van der Waals surface area contributed by atoms with Gasteiger partial charge in [-0.05, 0) is 51.1 Å². The van der Waals surface area contributed by atoms with Crippen molar-refractivity contribution in [1.82, 2.24) is 14.1 Å². The summed E-state index contributed by atoms with van der Waals surface area (Å²) >= 11 is 0. The summed E-state index contributed by atoms with van der Waals surface area (Å²) in [4.78, 5) is 17.2. The lowest BCUT2D eigenvalue weighted by Crippen LogP contribution is -2.51. The van der Waals surface area contributed by atoms with Crippen LogP contribution in [0, 0.1) is 0 Å². The summed E-state index contributed by atoms with van der Waals surface area (Å²) in [6.45, 7) is 6.75. The largest absolute Gasteiger partial charge is 0.325 e. The first kappa shape index (κ1) is 19.3. The van der Waals surface area contributed by atoms with Crippen LogP contribution in [0.2, 0.25) is 0 Å². The molecule has 2 fully saturated rings. The maximum atomic E-state index is 12.5. The van der Waals surface area contributed by atoms with Crippen molar-refractivity contribution in [1.29, 1.82) is 0 Å². The molecule has 0 aromatic heterocycles. The van der Waals surface area contributed by atoms with E-state index in [0.29, 0.717) is 18.8 Å². The van der Waals surface area contributed by atoms with E-state index in [4.69, 9.17) is 0 Å². The maximum absolute atomic E-state index is 12.5. The molecule has 2 saturated heterocycles. The Kier molecular flexibility index (Phi) is 5.96. The quantitative estimate of drug-likeness (QED) is 0.827. The number of carbonyl (C=O) groups is 1. The molecule has 0 unspecified atom stereocenters. The minimum absolute atomic E-state index is 0.0651. The number of benzene rings is 1. The summed E-state index contributed by atoms with van der Waals surface area (Å²) in [6.07, 6.45) is 1.83. The van der Waals surface area contributed by atoms with Crippen molar-refractivity contribution in [2.75, 3.05) is 51.6 Å². The van der Waals surface area contributed by atoms with E-state index in [1.807, 2.05) is 6.92 Å². The molecule has 7 nitrogen and oxygen atoms in total. The molecule has 26 heavy (non-hydrogen) atoms. The van der Waals surface area contributed by atoms with Gasteiger partial charge >= 0.3 is 0 Å². The van der Waals surface area contributed by atoms with Crippen LogP contribution < -0.4 is 5.32 Å². The number of hydrogen-bond acceptors (Lipinski definition) is 5. The number of carbonyl (C=O) groups excluding carboxylic acids is 1. The van der Waals surface area contributed by atoms with Crippen LogP contribution in [0.4, 0.5) is 5.69 Å². The molecule has 0 spiro atoms. The molecule has 0 bridgehead atoms. The Hall–Kier alpha value is -1.48. The van der Waals surface area contributed by atoms with Gasteiger partial charge in [-0.2, -0.15) is 4.31 Å². The minimum Gasteiger partial charge on any atom is -0.325 e. The van der Waals surface area contributed by atoms with Crippen LogP contribution in [0.1, 0.15) is 19.8 Å². The number of rotatable bonds is 5. The SMILES string of the molecule is C[C@H](C(=O)Nc1ccc(S(=O)(=O)N2CCCC2)cc1)N1CCN(C)CC1. The molecule has 144 valence electrons. The van der Waals surface area contributed by atoms with Crippen molar-refractivity contribution in [2.45, 2.75) is 30.7 Å². The van der Waals surface area contributed by atoms with Crippen molar-refractivity contribution >= 4 is 21.6 Å². The molecule has 1 N–H and O–H groups in total. The average Bonchev–Trinajstić information content (AvgIpc) is 3.18. The number of hydrogen-bond donors (Lipinski definition) is 1. The third kappa shape index (κ3) is 4.25. The first-order valence-corrected chi connectivity index (χ1v) is 10.7. The second-order valence-electron chi connectivity index (χ2n) is 7.14. The van der Waals surface area contributed by atoms with Gasteiger partial charge in [0, 0.05) is 45.0 Å². The number of nitrogens with zero attached hydrogens (tertiary/aromatic N) is 3. The fourth-order valence-electron chi connectivity index (χ4n) is 3.41. The maximum Gasteiger partial charge on any atom is 0.243 e. The number of piperazine rings is 1. The van der Waals surface area contributed by atoms with E-state index in [2.05, 4.69) is 22.2 Å². The molecule has 1 atom stereocenters. The molecule has 2 aliphatic heterocycles. The van der Waals surface area contributed by atoms with Crippen molar-refractivity contribution in [3.8, 4) is 0 Å². The normalized spacial score (nSPS) is 21.6. The molecule has 2 heterocycles. The van der Waals surface area contributed by atoms with E-state index in [1.165, 1.54) is 4.31 Å². The Bertz CT molecular complexity index is 721. The number of nitrogens with one attached hydrogen (secondary N) is 1. The monoisotopic (exact) mass is 380 g/mol. The number of anilines is 1. The fourth-order valence-corrected chi connectivity index (χ4v) is 4.93. The predicted octanol–water partition coefficient (Wildman–Crippen LogP) is 1.05. The van der Waals surface area contributed by atoms with E-state index in [0.717, 1.165) is 39.0 Å².